The van der Waals surface area contributed by atoms with Crippen LogP contribution < -0.4 is 5.32 Å². The first kappa shape index (κ1) is 10.1. The number of hydrogen-bond acceptors (Lipinski definition) is 3. The van der Waals surface area contributed by atoms with Crippen LogP contribution in [-0.4, -0.2) is 22.1 Å². The lowest BCUT2D eigenvalue weighted by molar-refractivity contribution is 0.103. The van der Waals surface area contributed by atoms with Gasteiger partial charge in [0.2, 0.25) is 0 Å². The summed E-state index contributed by atoms with van der Waals surface area (Å²) in [5.74, 6) is 0.881. The van der Waals surface area contributed by atoms with Gasteiger partial charge in [0.05, 0.1) is 11.8 Å². The normalized spacial score (nSPS) is 13.9. The molecule has 0 aliphatic carbocycles. The van der Waals surface area contributed by atoms with Crippen molar-refractivity contribution in [2.24, 2.45) is 0 Å². The van der Waals surface area contributed by atoms with Gasteiger partial charge in [-0.3, -0.25) is 4.79 Å². The van der Waals surface area contributed by atoms with E-state index in [0.29, 0.717) is 11.1 Å². The second-order valence-corrected chi connectivity index (χ2v) is 4.11. The molecule has 0 amide bonds. The minimum absolute atomic E-state index is 0.0289. The molecule has 1 N–H and O–H groups in total. The van der Waals surface area contributed by atoms with E-state index in [0.717, 1.165) is 25.3 Å². The van der Waals surface area contributed by atoms with Gasteiger partial charge in [-0.05, 0) is 6.42 Å². The summed E-state index contributed by atoms with van der Waals surface area (Å²) >= 11 is 0. The number of carbonyl (C=O) groups is 1. The second kappa shape index (κ2) is 4.05. The van der Waals surface area contributed by atoms with Crippen molar-refractivity contribution in [3.05, 3.63) is 47.7 Å². The maximum absolute atomic E-state index is 12.3. The Morgan fingerprint density at radius 3 is 2.94 bits per heavy atom. The standard InChI is InChI=1S/C13H13N3O/c17-12(10-5-2-1-3-6-10)11-9-15-16-8-4-7-14-13(11)16/h1-3,5-6,9,14H,4,7-8H2. The average Bonchev–Trinajstić information content (AvgIpc) is 2.83. The molecule has 2 aromatic rings. The smallest absolute Gasteiger partial charge is 0.198 e. The van der Waals surface area contributed by atoms with E-state index in [2.05, 4.69) is 10.4 Å². The van der Waals surface area contributed by atoms with Crippen LogP contribution in [0, 0.1) is 0 Å². The average molecular weight is 227 g/mol. The van der Waals surface area contributed by atoms with Crippen LogP contribution in [0.1, 0.15) is 22.3 Å². The Morgan fingerprint density at radius 2 is 2.12 bits per heavy atom. The number of aryl methyl sites for hydroxylation is 1. The number of ketones is 1. The van der Waals surface area contributed by atoms with Crippen LogP contribution >= 0.6 is 0 Å². The van der Waals surface area contributed by atoms with Crippen LogP contribution in [0.3, 0.4) is 0 Å². The predicted octanol–water partition coefficient (Wildman–Crippen LogP) is 1.93. The maximum atomic E-state index is 12.3. The Morgan fingerprint density at radius 1 is 1.29 bits per heavy atom. The van der Waals surface area contributed by atoms with E-state index in [9.17, 15) is 4.79 Å². The molecular weight excluding hydrogens is 214 g/mol. The molecule has 0 saturated heterocycles. The number of rotatable bonds is 2. The van der Waals surface area contributed by atoms with Crippen LogP contribution in [0.25, 0.3) is 0 Å². The van der Waals surface area contributed by atoms with Crippen molar-refractivity contribution in [2.75, 3.05) is 11.9 Å². The van der Waals surface area contributed by atoms with Crippen LogP contribution in [0.15, 0.2) is 36.5 Å². The van der Waals surface area contributed by atoms with Gasteiger partial charge in [-0.1, -0.05) is 30.3 Å². The predicted molar refractivity (Wildman–Crippen MR) is 65.2 cm³/mol. The number of benzene rings is 1. The topological polar surface area (TPSA) is 46.9 Å². The van der Waals surface area contributed by atoms with E-state index < -0.39 is 0 Å². The number of hydrogen-bond donors (Lipinski definition) is 1. The Labute approximate surface area is 99.3 Å². The summed E-state index contributed by atoms with van der Waals surface area (Å²) < 4.78 is 1.86. The molecule has 1 aliphatic heterocycles. The molecule has 1 aromatic heterocycles. The van der Waals surface area contributed by atoms with Crippen molar-refractivity contribution in [1.29, 1.82) is 0 Å². The minimum Gasteiger partial charge on any atom is -0.370 e. The van der Waals surface area contributed by atoms with Crippen LogP contribution in [0.4, 0.5) is 5.82 Å². The number of anilines is 1. The van der Waals surface area contributed by atoms with E-state index in [1.165, 1.54) is 0 Å². The zero-order chi connectivity index (χ0) is 11.7. The van der Waals surface area contributed by atoms with Gasteiger partial charge in [-0.15, -0.1) is 0 Å². The molecule has 0 atom stereocenters. The summed E-state index contributed by atoms with van der Waals surface area (Å²) in [6.07, 6.45) is 2.70. The van der Waals surface area contributed by atoms with Crippen molar-refractivity contribution in [2.45, 2.75) is 13.0 Å². The lowest BCUT2D eigenvalue weighted by Crippen LogP contribution is -2.19. The summed E-state index contributed by atoms with van der Waals surface area (Å²) in [5.41, 5.74) is 1.37. The highest BCUT2D eigenvalue weighted by Crippen LogP contribution is 2.21. The van der Waals surface area contributed by atoms with Crippen LogP contribution in [0.5, 0.6) is 0 Å². The van der Waals surface area contributed by atoms with E-state index in [1.54, 1.807) is 6.20 Å². The molecule has 1 aliphatic rings. The highest BCUT2D eigenvalue weighted by atomic mass is 16.1. The molecule has 0 radical (unpaired) electrons. The molecule has 0 fully saturated rings. The van der Waals surface area contributed by atoms with Gasteiger partial charge in [0.25, 0.3) is 0 Å². The number of fused-ring (bicyclic) bond motifs is 1. The SMILES string of the molecule is O=C(c1ccccc1)c1cnn2c1NCCC2. The molecule has 17 heavy (non-hydrogen) atoms. The highest BCUT2D eigenvalue weighted by Gasteiger charge is 2.20. The van der Waals surface area contributed by atoms with Gasteiger partial charge in [0, 0.05) is 18.7 Å². The lowest BCUT2D eigenvalue weighted by atomic mass is 10.1. The fourth-order valence-electron chi connectivity index (χ4n) is 2.09. The zero-order valence-corrected chi connectivity index (χ0v) is 9.39. The second-order valence-electron chi connectivity index (χ2n) is 4.11. The largest absolute Gasteiger partial charge is 0.370 e. The van der Waals surface area contributed by atoms with Crippen LogP contribution in [0.2, 0.25) is 0 Å². The van der Waals surface area contributed by atoms with Gasteiger partial charge in [-0.25, -0.2) is 4.68 Å². The highest BCUT2D eigenvalue weighted by molar-refractivity contribution is 6.11. The molecule has 2 heterocycles. The van der Waals surface area contributed by atoms with Gasteiger partial charge < -0.3 is 5.32 Å². The first-order valence-electron chi connectivity index (χ1n) is 5.76. The van der Waals surface area contributed by atoms with Gasteiger partial charge >= 0.3 is 0 Å². The molecular formula is C13H13N3O. The summed E-state index contributed by atoms with van der Waals surface area (Å²) in [6.45, 7) is 1.78. The van der Waals surface area contributed by atoms with Crippen LogP contribution in [-0.2, 0) is 6.54 Å². The Hall–Kier alpha value is -2.10. The first-order chi connectivity index (χ1) is 8.36. The molecule has 3 rings (SSSR count). The fourth-order valence-corrected chi connectivity index (χ4v) is 2.09. The fraction of sp³-hybridized carbons (Fsp3) is 0.231. The zero-order valence-electron chi connectivity index (χ0n) is 9.39. The third kappa shape index (κ3) is 1.71. The molecule has 0 bridgehead atoms. The van der Waals surface area contributed by atoms with E-state index in [4.69, 9.17) is 0 Å². The molecule has 4 heteroatoms. The summed E-state index contributed by atoms with van der Waals surface area (Å²) in [7, 11) is 0. The Bertz CT molecular complexity index is 545. The number of nitrogens with zero attached hydrogens (tertiary/aromatic N) is 2. The maximum Gasteiger partial charge on any atom is 0.198 e. The Kier molecular flexibility index (Phi) is 2.40. The van der Waals surface area contributed by atoms with Crippen molar-refractivity contribution >= 4 is 11.6 Å². The third-order valence-corrected chi connectivity index (χ3v) is 2.96. The van der Waals surface area contributed by atoms with Gasteiger partial charge in [-0.2, -0.15) is 5.10 Å². The number of nitrogens with one attached hydrogen (secondary N) is 1. The third-order valence-electron chi connectivity index (χ3n) is 2.96. The molecule has 0 saturated carbocycles. The summed E-state index contributed by atoms with van der Waals surface area (Å²) in [6, 6.07) is 9.31. The van der Waals surface area contributed by atoms with Crippen molar-refractivity contribution < 1.29 is 4.79 Å². The quantitative estimate of drug-likeness (QED) is 0.797. The minimum atomic E-state index is 0.0289. The monoisotopic (exact) mass is 227 g/mol. The molecule has 0 spiro atoms. The Balaban J connectivity index is 2.00. The number of aromatic nitrogens is 2. The lowest BCUT2D eigenvalue weighted by Gasteiger charge is -2.16. The van der Waals surface area contributed by atoms with E-state index in [1.807, 2.05) is 35.0 Å². The molecule has 0 unspecified atom stereocenters. The van der Waals surface area contributed by atoms with E-state index in [-0.39, 0.29) is 5.78 Å². The first-order valence-corrected chi connectivity index (χ1v) is 5.76. The molecule has 4 nitrogen and oxygen atoms in total. The molecule has 1 aromatic carbocycles. The van der Waals surface area contributed by atoms with Crippen molar-refractivity contribution in [3.63, 3.8) is 0 Å². The van der Waals surface area contributed by atoms with Gasteiger partial charge in [0.15, 0.2) is 5.78 Å². The van der Waals surface area contributed by atoms with Crippen molar-refractivity contribution in [3.8, 4) is 0 Å². The van der Waals surface area contributed by atoms with E-state index >= 15 is 0 Å². The number of carbonyl (C=O) groups excluding carboxylic acids is 1. The summed E-state index contributed by atoms with van der Waals surface area (Å²) in [4.78, 5) is 12.3. The van der Waals surface area contributed by atoms with Crippen molar-refractivity contribution in [1.82, 2.24) is 9.78 Å². The molecule has 86 valence electrons. The summed E-state index contributed by atoms with van der Waals surface area (Å²) in [5, 5.41) is 7.48. The van der Waals surface area contributed by atoms with Gasteiger partial charge in [0.1, 0.15) is 5.82 Å².